The lowest BCUT2D eigenvalue weighted by molar-refractivity contribution is -0.142. The van der Waals surface area contributed by atoms with Crippen LogP contribution in [0, 0.1) is 17.8 Å². The Morgan fingerprint density at radius 1 is 0.459 bits per heavy atom. The van der Waals surface area contributed by atoms with E-state index in [4.69, 9.17) is 17.2 Å². The summed E-state index contributed by atoms with van der Waals surface area (Å²) in [4.78, 5) is 201. The number of rotatable bonds is 44. The lowest BCUT2D eigenvalue weighted by Gasteiger charge is -2.31. The van der Waals surface area contributed by atoms with Crippen molar-refractivity contribution in [2.75, 3.05) is 13.1 Å². The molecule has 3 aromatic carbocycles. The standard InChI is InChI=1S/C75H107N17O17/c1-39(2)30-54(90-72(106)60-25-17-29-92(60)73(107)59(35-46-38-81-51-23-15-13-21-48(46)51)91-71(105)58(88-65(99)49(76)36-62(95)96)34-45-37-80-50-22-14-12-20-47(45)50)67(101)83-43(8)64(98)87-57(33-44-18-10-9-11-19-44)70(104)84-52(26-27-61(93)94)66(100)82-42(7)63(97)86-55(31-40(3)4)69(103)89-56(32-41(5)6)68(102)85-53(74(108)109)24-16-28-79-75(77)78/h9-15,18-23,37-43,49,52-60,75,79-81H,16-17,24-36,76-78H2,1-8H3,(H,82,100)(H,83,101)(H,84,104)(H,85,102)(H,86,97)(H,87,98)(H,88,99)(H,89,103)(H,90,106)(H,91,105)(H,93,94)(H,95,96)(H,108,109)/t42-,43-,49-,52-,53-,54-,55-,56-,57-,58-,59-,60-/m1/s1. The minimum absolute atomic E-state index is 0.000656. The minimum atomic E-state index is -1.65. The average molecular weight is 1520 g/mol. The van der Waals surface area contributed by atoms with E-state index in [0.717, 1.165) is 21.8 Å². The van der Waals surface area contributed by atoms with E-state index in [2.05, 4.69) is 68.5 Å². The summed E-state index contributed by atoms with van der Waals surface area (Å²) < 4.78 is 0. The van der Waals surface area contributed by atoms with Gasteiger partial charge in [0.1, 0.15) is 72.7 Å². The number of aromatic amines is 2. The number of benzene rings is 3. The first-order valence-corrected chi connectivity index (χ1v) is 36.7. The topological polar surface area (TPSA) is 545 Å². The molecular formula is C75H107N17O17. The number of carbonyl (C=O) groups excluding carboxylic acids is 11. The molecule has 0 saturated carbocycles. The number of para-hydroxylation sites is 2. The third kappa shape index (κ3) is 27.4. The van der Waals surface area contributed by atoms with Crippen molar-refractivity contribution >= 4 is 105 Å². The highest BCUT2D eigenvalue weighted by atomic mass is 16.4. The second-order valence-corrected chi connectivity index (χ2v) is 28.9. The first kappa shape index (κ1) is 87.1. The highest BCUT2D eigenvalue weighted by Gasteiger charge is 2.42. The van der Waals surface area contributed by atoms with Crippen molar-refractivity contribution in [2.24, 2.45) is 35.0 Å². The molecule has 0 radical (unpaired) electrons. The number of H-pyrrole nitrogens is 2. The van der Waals surface area contributed by atoms with E-state index in [1.807, 2.05) is 36.4 Å². The van der Waals surface area contributed by atoms with Gasteiger partial charge in [-0.05, 0) is 118 Å². The quantitative estimate of drug-likeness (QED) is 0.0180. The molecule has 11 amide bonds. The van der Waals surface area contributed by atoms with Crippen LogP contribution >= 0.6 is 0 Å². The smallest absolute Gasteiger partial charge is 0.326 e. The van der Waals surface area contributed by atoms with Gasteiger partial charge in [0.15, 0.2) is 0 Å². The van der Waals surface area contributed by atoms with E-state index < -0.39 is 181 Å². The summed E-state index contributed by atoms with van der Waals surface area (Å²) in [5, 5.41) is 59.6. The van der Waals surface area contributed by atoms with Crippen molar-refractivity contribution in [2.45, 2.75) is 218 Å². The number of carboxylic acid groups (broad SMARTS) is 3. The van der Waals surface area contributed by atoms with Crippen molar-refractivity contribution in [3.8, 4) is 0 Å². The molecule has 1 aliphatic heterocycles. The van der Waals surface area contributed by atoms with Gasteiger partial charge in [0.2, 0.25) is 65.0 Å². The molecule has 3 heterocycles. The molecule has 22 N–H and O–H groups in total. The molecule has 1 aliphatic rings. The number of aliphatic carboxylic acids is 3. The molecule has 34 heteroatoms. The second kappa shape index (κ2) is 42.1. The van der Waals surface area contributed by atoms with Crippen LogP contribution in [0.15, 0.2) is 91.3 Å². The second-order valence-electron chi connectivity index (χ2n) is 28.9. The van der Waals surface area contributed by atoms with E-state index in [1.165, 1.54) is 18.7 Å². The molecule has 109 heavy (non-hydrogen) atoms. The van der Waals surface area contributed by atoms with Crippen LogP contribution in [0.5, 0.6) is 0 Å². The van der Waals surface area contributed by atoms with Crippen molar-refractivity contribution in [3.63, 3.8) is 0 Å². The zero-order chi connectivity index (χ0) is 80.3. The maximum Gasteiger partial charge on any atom is 0.326 e. The van der Waals surface area contributed by atoms with E-state index in [9.17, 15) is 77.6 Å². The Hall–Kier alpha value is -10.8. The lowest BCUT2D eigenvalue weighted by atomic mass is 9.99. The molecule has 594 valence electrons. The highest BCUT2D eigenvalue weighted by molar-refractivity contribution is 6.00. The normalized spacial score (nSPS) is 15.9. The Labute approximate surface area is 631 Å². The molecule has 6 rings (SSSR count). The number of fused-ring (bicyclic) bond motifs is 2. The third-order valence-electron chi connectivity index (χ3n) is 18.4. The molecule has 2 aromatic heterocycles. The number of carboxylic acids is 3. The minimum Gasteiger partial charge on any atom is -0.481 e. The first-order valence-electron chi connectivity index (χ1n) is 36.7. The molecule has 0 aliphatic carbocycles. The maximum atomic E-state index is 15.2. The van der Waals surface area contributed by atoms with Gasteiger partial charge in [0.25, 0.3) is 0 Å². The van der Waals surface area contributed by atoms with E-state index in [-0.39, 0.29) is 88.6 Å². The van der Waals surface area contributed by atoms with E-state index in [0.29, 0.717) is 23.1 Å². The molecule has 0 unspecified atom stereocenters. The Morgan fingerprint density at radius 2 is 0.881 bits per heavy atom. The molecule has 34 nitrogen and oxygen atoms in total. The van der Waals surface area contributed by atoms with Crippen molar-refractivity contribution < 1.29 is 82.4 Å². The van der Waals surface area contributed by atoms with E-state index >= 15 is 4.79 Å². The van der Waals surface area contributed by atoms with Gasteiger partial charge in [-0.3, -0.25) is 67.6 Å². The molecule has 1 fully saturated rings. The number of aromatic nitrogens is 2. The first-order chi connectivity index (χ1) is 51.6. The van der Waals surface area contributed by atoms with Crippen LogP contribution in [0.1, 0.15) is 136 Å². The number of hydrogen-bond donors (Lipinski definition) is 19. The van der Waals surface area contributed by atoms with Gasteiger partial charge in [-0.2, -0.15) is 0 Å². The average Bonchev–Trinajstić information content (AvgIpc) is 1.71. The van der Waals surface area contributed by atoms with E-state index in [1.54, 1.807) is 96.4 Å². The van der Waals surface area contributed by atoms with Crippen LogP contribution in [-0.2, 0) is 86.4 Å². The van der Waals surface area contributed by atoms with Gasteiger partial charge in [0, 0.05) is 66.4 Å². The largest absolute Gasteiger partial charge is 0.481 e. The summed E-state index contributed by atoms with van der Waals surface area (Å²) in [6.07, 6.45) is 1.06. The summed E-state index contributed by atoms with van der Waals surface area (Å²) in [5.74, 6) is -14.0. The SMILES string of the molecule is CC(C)C[C@@H](NC(=O)[C@H]1CCCN1C(=O)[C@@H](Cc1c[nH]c2ccccc12)NC(=O)[C@@H](Cc1c[nH]c2ccccc12)NC(=O)[C@H](N)CC(=O)O)C(=O)N[C@H](C)C(=O)N[C@H](Cc1ccccc1)C(=O)N[C@H](CCC(=O)O)C(=O)N[C@H](C)C(=O)N[C@H](CC(C)C)C(=O)N[C@H](CC(C)C)C(=O)N[C@H](CCCNC(N)N)C(=O)O. The number of nitrogens with two attached hydrogens (primary N) is 3. The number of nitrogens with one attached hydrogen (secondary N) is 13. The molecular weight excluding hydrogens is 1410 g/mol. The Morgan fingerprint density at radius 3 is 1.39 bits per heavy atom. The molecule has 12 atom stereocenters. The van der Waals surface area contributed by atoms with Crippen LogP contribution in [0.25, 0.3) is 21.8 Å². The number of amides is 11. The van der Waals surface area contributed by atoms with Crippen LogP contribution in [0.4, 0.5) is 0 Å². The molecule has 1 saturated heterocycles. The van der Waals surface area contributed by atoms with Crippen molar-refractivity contribution in [1.29, 1.82) is 0 Å². The Kier molecular flexibility index (Phi) is 33.6. The van der Waals surface area contributed by atoms with Gasteiger partial charge in [-0.15, -0.1) is 0 Å². The van der Waals surface area contributed by atoms with Gasteiger partial charge in [-0.25, -0.2) is 4.79 Å². The van der Waals surface area contributed by atoms with Crippen LogP contribution in [0.2, 0.25) is 0 Å². The number of likely N-dealkylation sites (tertiary alicyclic amines) is 1. The summed E-state index contributed by atoms with van der Waals surface area (Å²) in [7, 11) is 0. The molecule has 0 bridgehead atoms. The monoisotopic (exact) mass is 1520 g/mol. The number of nitrogens with zero attached hydrogens (tertiary/aromatic N) is 1. The zero-order valence-electron chi connectivity index (χ0n) is 62.7. The predicted molar refractivity (Wildman–Crippen MR) is 402 cm³/mol. The van der Waals surface area contributed by atoms with Gasteiger partial charge >= 0.3 is 17.9 Å². The van der Waals surface area contributed by atoms with Crippen LogP contribution in [-0.4, -0.2) is 205 Å². The lowest BCUT2D eigenvalue weighted by Crippen LogP contribution is -2.60. The summed E-state index contributed by atoms with van der Waals surface area (Å²) in [5.41, 5.74) is 20.2. The number of hydrogen-bond acceptors (Lipinski definition) is 18. The molecule has 0 spiro atoms. The van der Waals surface area contributed by atoms with Crippen molar-refractivity contribution in [3.05, 3.63) is 108 Å². The highest BCUT2D eigenvalue weighted by Crippen LogP contribution is 2.25. The van der Waals surface area contributed by atoms with Gasteiger partial charge in [-0.1, -0.05) is 108 Å². The maximum absolute atomic E-state index is 15.2. The van der Waals surface area contributed by atoms with Crippen LogP contribution in [0.3, 0.4) is 0 Å². The third-order valence-corrected chi connectivity index (χ3v) is 18.4. The van der Waals surface area contributed by atoms with Gasteiger partial charge in [0.05, 0.1) is 12.5 Å². The van der Waals surface area contributed by atoms with Crippen LogP contribution < -0.4 is 75.7 Å². The fourth-order valence-electron chi connectivity index (χ4n) is 12.8. The number of carbonyl (C=O) groups is 14. The fraction of sp³-hybridized carbons (Fsp3) is 0.520. The Balaban J connectivity index is 1.16. The predicted octanol–water partition coefficient (Wildman–Crippen LogP) is 0.0164. The fourth-order valence-corrected chi connectivity index (χ4v) is 12.8. The zero-order valence-corrected chi connectivity index (χ0v) is 62.7. The summed E-state index contributed by atoms with van der Waals surface area (Å²) >= 11 is 0. The summed E-state index contributed by atoms with van der Waals surface area (Å²) in [6, 6.07) is 6.15. The van der Waals surface area contributed by atoms with Crippen molar-refractivity contribution in [1.82, 2.24) is 73.4 Å². The summed E-state index contributed by atoms with van der Waals surface area (Å²) in [6.45, 7) is 13.6. The van der Waals surface area contributed by atoms with Gasteiger partial charge < -0.3 is 101 Å². The molecule has 5 aromatic rings. The Bertz CT molecular complexity index is 3990.